The van der Waals surface area contributed by atoms with Gasteiger partial charge in [-0.05, 0) is 42.0 Å². The molecule has 1 aliphatic heterocycles. The van der Waals surface area contributed by atoms with Crippen LogP contribution in [0.4, 0.5) is 5.69 Å². The lowest BCUT2D eigenvalue weighted by atomic mass is 9.92. The molecule has 1 N–H and O–H groups in total. The van der Waals surface area contributed by atoms with E-state index in [-0.39, 0.29) is 23.3 Å². The SMILES string of the molecule is CC[C@@H]1Oc2ccc(NC(=O)CC(C)(C)C)cc2CN([C@@H](CC)c2ccccc2)C1=O. The Morgan fingerprint density at radius 2 is 1.87 bits per heavy atom. The maximum absolute atomic E-state index is 13.4. The van der Waals surface area contributed by atoms with Crippen molar-refractivity contribution in [2.75, 3.05) is 5.32 Å². The number of ether oxygens (including phenoxy) is 1. The first-order valence-corrected chi connectivity index (χ1v) is 11.2. The molecule has 2 aromatic carbocycles. The molecule has 5 nitrogen and oxygen atoms in total. The molecule has 0 bridgehead atoms. The number of benzene rings is 2. The first-order valence-electron chi connectivity index (χ1n) is 11.2. The van der Waals surface area contributed by atoms with E-state index in [9.17, 15) is 9.59 Å². The predicted molar refractivity (Wildman–Crippen MR) is 124 cm³/mol. The molecule has 31 heavy (non-hydrogen) atoms. The molecule has 1 aliphatic rings. The van der Waals surface area contributed by atoms with Crippen LogP contribution in [0.15, 0.2) is 48.5 Å². The van der Waals surface area contributed by atoms with E-state index < -0.39 is 6.10 Å². The molecule has 2 atom stereocenters. The standard InChI is InChI=1S/C26H34N2O3/c1-6-21(18-11-9-8-10-12-18)28-17-19-15-20(27-24(29)16-26(3,4)5)13-14-23(19)31-22(7-2)25(28)30/h8-15,21-22H,6-7,16-17H2,1-5H3,(H,27,29)/t21-,22-/m0/s1. The van der Waals surface area contributed by atoms with Gasteiger partial charge in [0.05, 0.1) is 12.6 Å². The van der Waals surface area contributed by atoms with E-state index in [4.69, 9.17) is 4.74 Å². The third-order valence-electron chi connectivity index (χ3n) is 5.52. The van der Waals surface area contributed by atoms with E-state index in [0.717, 1.165) is 23.2 Å². The van der Waals surface area contributed by atoms with Crippen molar-refractivity contribution in [2.45, 2.75) is 72.6 Å². The Morgan fingerprint density at radius 3 is 2.48 bits per heavy atom. The molecule has 0 fully saturated rings. The number of hydrogen-bond donors (Lipinski definition) is 1. The molecular formula is C26H34N2O3. The minimum atomic E-state index is -0.514. The quantitative estimate of drug-likeness (QED) is 0.648. The first-order chi connectivity index (χ1) is 14.7. The Hall–Kier alpha value is -2.82. The smallest absolute Gasteiger partial charge is 0.264 e. The van der Waals surface area contributed by atoms with Gasteiger partial charge in [0.1, 0.15) is 5.75 Å². The number of fused-ring (bicyclic) bond motifs is 1. The average Bonchev–Trinajstić information content (AvgIpc) is 2.84. The molecule has 0 radical (unpaired) electrons. The van der Waals surface area contributed by atoms with Gasteiger partial charge in [-0.2, -0.15) is 0 Å². The van der Waals surface area contributed by atoms with Gasteiger partial charge in [-0.25, -0.2) is 0 Å². The van der Waals surface area contributed by atoms with E-state index in [1.54, 1.807) is 0 Å². The molecule has 166 valence electrons. The van der Waals surface area contributed by atoms with Gasteiger partial charge >= 0.3 is 0 Å². The molecule has 0 unspecified atom stereocenters. The lowest BCUT2D eigenvalue weighted by Crippen LogP contribution is -2.41. The van der Waals surface area contributed by atoms with Crippen LogP contribution in [-0.4, -0.2) is 22.8 Å². The Labute approximate surface area is 185 Å². The molecule has 2 amide bonds. The summed E-state index contributed by atoms with van der Waals surface area (Å²) in [6.07, 6.45) is 1.34. The van der Waals surface area contributed by atoms with Gasteiger partial charge in [0.15, 0.2) is 6.10 Å². The van der Waals surface area contributed by atoms with Crippen LogP contribution < -0.4 is 10.1 Å². The second-order valence-electron chi connectivity index (χ2n) is 9.42. The fraction of sp³-hybridized carbons (Fsp3) is 0.462. The van der Waals surface area contributed by atoms with Gasteiger partial charge in [0.25, 0.3) is 5.91 Å². The fourth-order valence-corrected chi connectivity index (χ4v) is 4.07. The highest BCUT2D eigenvalue weighted by molar-refractivity contribution is 5.91. The van der Waals surface area contributed by atoms with Crippen molar-refractivity contribution in [2.24, 2.45) is 5.41 Å². The van der Waals surface area contributed by atoms with Crippen LogP contribution >= 0.6 is 0 Å². The van der Waals surface area contributed by atoms with Gasteiger partial charge in [-0.1, -0.05) is 65.0 Å². The van der Waals surface area contributed by atoms with Crippen molar-refractivity contribution in [3.05, 3.63) is 59.7 Å². The van der Waals surface area contributed by atoms with Crippen LogP contribution in [0.2, 0.25) is 0 Å². The topological polar surface area (TPSA) is 58.6 Å². The van der Waals surface area contributed by atoms with E-state index in [1.165, 1.54) is 0 Å². The van der Waals surface area contributed by atoms with Crippen LogP contribution in [0, 0.1) is 5.41 Å². The van der Waals surface area contributed by atoms with E-state index in [2.05, 4.69) is 24.4 Å². The van der Waals surface area contributed by atoms with Gasteiger partial charge in [-0.3, -0.25) is 9.59 Å². The van der Waals surface area contributed by atoms with Gasteiger partial charge in [-0.15, -0.1) is 0 Å². The van der Waals surface area contributed by atoms with Crippen LogP contribution in [0.1, 0.15) is 71.0 Å². The van der Waals surface area contributed by atoms with Gasteiger partial charge < -0.3 is 15.0 Å². The molecule has 0 aromatic heterocycles. The Balaban J connectivity index is 1.92. The summed E-state index contributed by atoms with van der Waals surface area (Å²) < 4.78 is 6.12. The number of carbonyl (C=O) groups excluding carboxylic acids is 2. The Morgan fingerprint density at radius 1 is 1.16 bits per heavy atom. The van der Waals surface area contributed by atoms with Crippen molar-refractivity contribution in [1.29, 1.82) is 0 Å². The van der Waals surface area contributed by atoms with Crippen molar-refractivity contribution < 1.29 is 14.3 Å². The molecule has 5 heteroatoms. The largest absolute Gasteiger partial charge is 0.480 e. The highest BCUT2D eigenvalue weighted by Crippen LogP contribution is 2.35. The summed E-state index contributed by atoms with van der Waals surface area (Å²) in [4.78, 5) is 27.7. The second kappa shape index (κ2) is 9.54. The van der Waals surface area contributed by atoms with Gasteiger partial charge in [0, 0.05) is 17.7 Å². The minimum Gasteiger partial charge on any atom is -0.480 e. The molecular weight excluding hydrogens is 388 g/mol. The zero-order chi connectivity index (χ0) is 22.6. The lowest BCUT2D eigenvalue weighted by molar-refractivity contribution is -0.141. The maximum atomic E-state index is 13.4. The van der Waals surface area contributed by atoms with E-state index in [0.29, 0.717) is 25.1 Å². The Bertz CT molecular complexity index is 918. The molecule has 1 heterocycles. The number of nitrogens with zero attached hydrogens (tertiary/aromatic N) is 1. The molecule has 3 rings (SSSR count). The first kappa shape index (κ1) is 22.9. The second-order valence-corrected chi connectivity index (χ2v) is 9.42. The number of nitrogens with one attached hydrogen (secondary N) is 1. The number of rotatable bonds is 6. The molecule has 0 saturated carbocycles. The average molecular weight is 423 g/mol. The third kappa shape index (κ3) is 5.66. The van der Waals surface area contributed by atoms with Crippen LogP contribution in [0.5, 0.6) is 5.75 Å². The van der Waals surface area contributed by atoms with Crippen LogP contribution in [0.3, 0.4) is 0 Å². The van der Waals surface area contributed by atoms with Crippen molar-refractivity contribution in [1.82, 2.24) is 4.90 Å². The summed E-state index contributed by atoms with van der Waals surface area (Å²) in [5.74, 6) is 0.698. The van der Waals surface area contributed by atoms with E-state index >= 15 is 0 Å². The summed E-state index contributed by atoms with van der Waals surface area (Å²) in [6.45, 7) is 10.6. The molecule has 0 spiro atoms. The normalized spacial score (nSPS) is 17.4. The fourth-order valence-electron chi connectivity index (χ4n) is 4.07. The number of anilines is 1. The monoisotopic (exact) mass is 422 g/mol. The van der Waals surface area contributed by atoms with Gasteiger partial charge in [0.2, 0.25) is 5.91 Å². The predicted octanol–water partition coefficient (Wildman–Crippen LogP) is 5.71. The summed E-state index contributed by atoms with van der Waals surface area (Å²) in [5.41, 5.74) is 2.67. The third-order valence-corrected chi connectivity index (χ3v) is 5.52. The molecule has 0 aliphatic carbocycles. The van der Waals surface area contributed by atoms with E-state index in [1.807, 2.05) is 69.0 Å². The van der Waals surface area contributed by atoms with Crippen LogP contribution in [-0.2, 0) is 16.1 Å². The maximum Gasteiger partial charge on any atom is 0.264 e. The zero-order valence-corrected chi connectivity index (χ0v) is 19.3. The summed E-state index contributed by atoms with van der Waals surface area (Å²) in [5, 5.41) is 3.00. The summed E-state index contributed by atoms with van der Waals surface area (Å²) in [7, 11) is 0. The lowest BCUT2D eigenvalue weighted by Gasteiger charge is -2.32. The van der Waals surface area contributed by atoms with Crippen molar-refractivity contribution in [3.8, 4) is 5.75 Å². The number of amides is 2. The summed E-state index contributed by atoms with van der Waals surface area (Å²) in [6, 6.07) is 15.8. The van der Waals surface area contributed by atoms with Crippen molar-refractivity contribution >= 4 is 17.5 Å². The highest BCUT2D eigenvalue weighted by atomic mass is 16.5. The van der Waals surface area contributed by atoms with Crippen LogP contribution in [0.25, 0.3) is 0 Å². The Kier molecular flexibility index (Phi) is 7.04. The highest BCUT2D eigenvalue weighted by Gasteiger charge is 2.34. The number of hydrogen-bond acceptors (Lipinski definition) is 3. The molecule has 2 aromatic rings. The number of carbonyl (C=O) groups is 2. The summed E-state index contributed by atoms with van der Waals surface area (Å²) >= 11 is 0. The molecule has 0 saturated heterocycles. The van der Waals surface area contributed by atoms with Crippen molar-refractivity contribution in [3.63, 3.8) is 0 Å². The minimum absolute atomic E-state index is 0.00715. The zero-order valence-electron chi connectivity index (χ0n) is 19.3.